The standard InChI is InChI=1S/2C18H19N5O4S.Co.Na/c2*1-11-4-6-13(7-5-11)23-18(25)17(12(2)22-23)21-20-15-10-14(8-9-16(15)24)28(26,27)19-3;;/h2*4-10,19H,1-3H3,(H2,20,21,22,24,25);;/q;;+3;+1/p-4. The molecule has 0 saturated heterocycles. The second-order valence-corrected chi connectivity index (χ2v) is 15.8. The van der Waals surface area contributed by atoms with Gasteiger partial charge in [0.15, 0.2) is 0 Å². The van der Waals surface area contributed by atoms with Crippen LogP contribution in [0.1, 0.15) is 22.5 Å². The molecular weight excluding hydrogens is 847 g/mol. The van der Waals surface area contributed by atoms with Gasteiger partial charge in [-0.1, -0.05) is 72.9 Å². The second-order valence-electron chi connectivity index (χ2n) is 12.0. The number of hydrogen-bond donors (Lipinski definition) is 2. The summed E-state index contributed by atoms with van der Waals surface area (Å²) in [5, 5.41) is 47.6. The number of sulfonamides is 2. The molecule has 18 nitrogen and oxygen atoms in total. The molecule has 2 N–H and O–H groups in total. The third-order valence-electron chi connectivity index (χ3n) is 8.07. The van der Waals surface area contributed by atoms with E-state index in [0.717, 1.165) is 35.4 Å². The van der Waals surface area contributed by atoms with E-state index in [1.807, 2.05) is 38.1 Å². The Morgan fingerprint density at radius 2 is 0.879 bits per heavy atom. The molecule has 298 valence electrons. The Morgan fingerprint density at radius 1 is 0.552 bits per heavy atom. The first-order valence-electron chi connectivity index (χ1n) is 16.5. The molecule has 0 atom stereocenters. The van der Waals surface area contributed by atoms with Crippen molar-refractivity contribution in [3.05, 3.63) is 128 Å². The minimum atomic E-state index is -3.74. The van der Waals surface area contributed by atoms with Crippen LogP contribution in [-0.4, -0.2) is 40.3 Å². The van der Waals surface area contributed by atoms with Crippen LogP contribution in [0.25, 0.3) is 11.4 Å². The van der Waals surface area contributed by atoms with Gasteiger partial charge in [-0.2, -0.15) is 10.2 Å². The number of aryl methyl sites for hydroxylation is 4. The van der Waals surface area contributed by atoms with E-state index >= 15 is 0 Å². The number of nitrogens with one attached hydrogen (secondary N) is 2. The van der Waals surface area contributed by atoms with Gasteiger partial charge in [0.05, 0.1) is 21.2 Å². The minimum Gasteiger partial charge on any atom is -0.871 e. The molecule has 58 heavy (non-hydrogen) atoms. The molecule has 0 amide bonds. The molecule has 0 spiro atoms. The number of hydrogen-bond acceptors (Lipinski definition) is 12. The number of rotatable bonds is 10. The van der Waals surface area contributed by atoms with E-state index in [4.69, 9.17) is 0 Å². The first-order chi connectivity index (χ1) is 26.4. The monoisotopic (exact) mass is 880 g/mol. The predicted octanol–water partition coefficient (Wildman–Crippen LogP) is 0.619. The zero-order valence-electron chi connectivity index (χ0n) is 32.1. The maximum atomic E-state index is 12.6. The molecule has 2 aromatic heterocycles. The minimum absolute atomic E-state index is 0. The van der Waals surface area contributed by atoms with Crippen molar-refractivity contribution in [1.82, 2.24) is 29.0 Å². The van der Waals surface area contributed by atoms with Crippen molar-refractivity contribution >= 4 is 42.8 Å². The van der Waals surface area contributed by atoms with Crippen molar-refractivity contribution in [2.75, 3.05) is 14.1 Å². The zero-order valence-corrected chi connectivity index (χ0v) is 36.8. The van der Waals surface area contributed by atoms with Gasteiger partial charge in [0.25, 0.3) is 11.1 Å². The van der Waals surface area contributed by atoms with Crippen molar-refractivity contribution in [2.45, 2.75) is 37.5 Å². The first-order valence-corrected chi connectivity index (χ1v) is 19.4. The second kappa shape index (κ2) is 19.7. The van der Waals surface area contributed by atoms with Crippen molar-refractivity contribution in [1.29, 1.82) is 0 Å². The van der Waals surface area contributed by atoms with Crippen LogP contribution < -0.4 is 70.5 Å². The molecule has 6 aromatic rings. The SMILES string of the molecule is CNS(=O)(=O)c1ccc([O-])c(N=Nc2c(C)[n-]n(-c3ccc(C)cc3)c2=O)c1.CNS(=O)(=O)c1ccc([O-])c(N=Nc2c(C)[n-]n(-c3ccc(C)cc3)c2=O)c1.[Co+3].[Na+]. The Kier molecular flexibility index (Phi) is 16.1. The molecule has 22 heteroatoms. The number of benzene rings is 4. The van der Waals surface area contributed by atoms with Crippen LogP contribution in [0.3, 0.4) is 0 Å². The molecule has 0 radical (unpaired) electrons. The van der Waals surface area contributed by atoms with Gasteiger partial charge in [0.2, 0.25) is 20.0 Å². The number of aromatic nitrogens is 4. The van der Waals surface area contributed by atoms with Crippen LogP contribution in [0.4, 0.5) is 22.7 Å². The molecule has 2 heterocycles. The van der Waals surface area contributed by atoms with E-state index in [0.29, 0.717) is 22.8 Å². The van der Waals surface area contributed by atoms with Crippen molar-refractivity contribution in [3.63, 3.8) is 0 Å². The van der Waals surface area contributed by atoms with Crippen LogP contribution in [0.2, 0.25) is 0 Å². The van der Waals surface area contributed by atoms with Gasteiger partial charge in [-0.15, -0.1) is 21.6 Å². The average Bonchev–Trinajstić information content (AvgIpc) is 3.62. The van der Waals surface area contributed by atoms with E-state index in [1.165, 1.54) is 35.6 Å². The van der Waals surface area contributed by atoms with Crippen LogP contribution in [0.15, 0.2) is 125 Å². The van der Waals surface area contributed by atoms with Crippen molar-refractivity contribution in [3.8, 4) is 22.9 Å². The van der Waals surface area contributed by atoms with Gasteiger partial charge in [-0.25, -0.2) is 26.3 Å². The first kappa shape index (κ1) is 47.4. The van der Waals surface area contributed by atoms with Crippen molar-refractivity contribution in [2.24, 2.45) is 20.5 Å². The molecule has 0 aliphatic heterocycles. The topological polar surface area (TPSA) is 260 Å². The molecule has 0 aliphatic carbocycles. The van der Waals surface area contributed by atoms with E-state index in [2.05, 4.69) is 40.1 Å². The summed E-state index contributed by atoms with van der Waals surface area (Å²) in [6, 6.07) is 21.1. The van der Waals surface area contributed by atoms with Crippen LogP contribution in [-0.2, 0) is 36.8 Å². The maximum Gasteiger partial charge on any atom is 3.00 e. The summed E-state index contributed by atoms with van der Waals surface area (Å²) >= 11 is 0. The summed E-state index contributed by atoms with van der Waals surface area (Å²) in [5.41, 5.74) is 2.48. The van der Waals surface area contributed by atoms with E-state index < -0.39 is 42.7 Å². The summed E-state index contributed by atoms with van der Waals surface area (Å²) in [6.45, 7) is 7.05. The fourth-order valence-corrected chi connectivity index (χ4v) is 6.38. The summed E-state index contributed by atoms with van der Waals surface area (Å²) in [6.07, 6.45) is 0. The molecule has 4 aromatic carbocycles. The normalized spacial score (nSPS) is 11.6. The fourth-order valence-electron chi connectivity index (χ4n) is 4.88. The van der Waals surface area contributed by atoms with Gasteiger partial charge in [0, 0.05) is 11.4 Å². The molecule has 0 bridgehead atoms. The van der Waals surface area contributed by atoms with Crippen LogP contribution in [0.5, 0.6) is 11.5 Å². The molecule has 0 saturated carbocycles. The van der Waals surface area contributed by atoms with Gasteiger partial charge in [-0.3, -0.25) is 9.59 Å². The van der Waals surface area contributed by atoms with Crippen LogP contribution in [0, 0.1) is 27.7 Å². The predicted molar refractivity (Wildman–Crippen MR) is 202 cm³/mol. The van der Waals surface area contributed by atoms with Gasteiger partial charge in [0.1, 0.15) is 11.4 Å². The summed E-state index contributed by atoms with van der Waals surface area (Å²) < 4.78 is 54.2. The maximum absolute atomic E-state index is 12.6. The molecule has 0 fully saturated rings. The summed E-state index contributed by atoms with van der Waals surface area (Å²) in [7, 11) is -4.97. The Balaban J connectivity index is 0.000000300. The van der Waals surface area contributed by atoms with E-state index in [9.17, 15) is 36.6 Å². The van der Waals surface area contributed by atoms with E-state index in [1.54, 1.807) is 38.1 Å². The Labute approximate surface area is 365 Å². The average molecular weight is 881 g/mol. The van der Waals surface area contributed by atoms with Gasteiger partial charge < -0.3 is 29.8 Å². The third kappa shape index (κ3) is 10.7. The quantitative estimate of drug-likeness (QED) is 0.143. The third-order valence-corrected chi connectivity index (χ3v) is 10.9. The summed E-state index contributed by atoms with van der Waals surface area (Å²) in [4.78, 5) is 25.0. The Hall–Kier alpha value is -4.97. The van der Waals surface area contributed by atoms with Crippen molar-refractivity contribution < 1.29 is 73.4 Å². The number of nitrogens with zero attached hydrogens (tertiary/aromatic N) is 8. The largest absolute Gasteiger partial charge is 3.00 e. The molecule has 0 aliphatic rings. The van der Waals surface area contributed by atoms with Gasteiger partial charge >= 0.3 is 46.3 Å². The van der Waals surface area contributed by atoms with Crippen LogP contribution >= 0.6 is 0 Å². The Morgan fingerprint density at radius 3 is 1.19 bits per heavy atom. The fraction of sp³-hybridized carbons (Fsp3) is 0.167. The molecular formula is C36H34CoN10NaO8S2. The smallest absolute Gasteiger partial charge is 0.871 e. The zero-order chi connectivity index (χ0) is 40.9. The summed E-state index contributed by atoms with van der Waals surface area (Å²) in [5.74, 6) is -1.04. The number of azo groups is 2. The van der Waals surface area contributed by atoms with E-state index in [-0.39, 0.29) is 78.9 Å². The Bertz CT molecular complexity index is 2620. The molecule has 6 rings (SSSR count). The van der Waals surface area contributed by atoms with Gasteiger partial charge in [-0.05, 0) is 76.5 Å². The molecule has 0 unspecified atom stereocenters.